The van der Waals surface area contributed by atoms with E-state index in [-0.39, 0.29) is 11.9 Å². The summed E-state index contributed by atoms with van der Waals surface area (Å²) in [6.45, 7) is 5.27. The van der Waals surface area contributed by atoms with Crippen molar-refractivity contribution in [2.45, 2.75) is 51.9 Å². The molecule has 4 heteroatoms. The SMILES string of the molecule is CCOC(=O)[C@@H]1CCCN(CC/C=C2\CC3=C(CCC=C3)Cc3cnccc32)C1. The van der Waals surface area contributed by atoms with Crippen LogP contribution in [0.1, 0.15) is 56.6 Å². The van der Waals surface area contributed by atoms with Crippen molar-refractivity contribution in [1.29, 1.82) is 0 Å². The molecule has 0 N–H and O–H groups in total. The van der Waals surface area contributed by atoms with Gasteiger partial charge in [0.2, 0.25) is 0 Å². The highest BCUT2D eigenvalue weighted by Crippen LogP contribution is 2.36. The molecule has 2 aliphatic carbocycles. The van der Waals surface area contributed by atoms with Crippen LogP contribution in [-0.2, 0) is 16.0 Å². The molecule has 29 heavy (non-hydrogen) atoms. The maximum atomic E-state index is 12.1. The van der Waals surface area contributed by atoms with E-state index in [0.29, 0.717) is 6.61 Å². The average molecular weight is 393 g/mol. The number of rotatable bonds is 5. The number of carbonyl (C=O) groups excluding carboxylic acids is 1. The van der Waals surface area contributed by atoms with Crippen LogP contribution in [0.15, 0.2) is 47.8 Å². The molecule has 4 rings (SSSR count). The summed E-state index contributed by atoms with van der Waals surface area (Å²) < 4.78 is 5.24. The Hall–Kier alpha value is -2.20. The van der Waals surface area contributed by atoms with Gasteiger partial charge in [0, 0.05) is 25.5 Å². The van der Waals surface area contributed by atoms with Gasteiger partial charge in [-0.3, -0.25) is 9.78 Å². The first-order valence-corrected chi connectivity index (χ1v) is 11.1. The van der Waals surface area contributed by atoms with E-state index < -0.39 is 0 Å². The molecule has 0 radical (unpaired) electrons. The molecule has 2 heterocycles. The first-order valence-electron chi connectivity index (χ1n) is 11.1. The third-order valence-electron chi connectivity index (χ3n) is 6.38. The highest BCUT2D eigenvalue weighted by atomic mass is 16.5. The lowest BCUT2D eigenvalue weighted by molar-refractivity contribution is -0.149. The van der Waals surface area contributed by atoms with Gasteiger partial charge in [0.25, 0.3) is 0 Å². The van der Waals surface area contributed by atoms with Crippen molar-refractivity contribution in [2.24, 2.45) is 5.92 Å². The lowest BCUT2D eigenvalue weighted by Crippen LogP contribution is -2.39. The van der Waals surface area contributed by atoms with Gasteiger partial charge in [-0.2, -0.15) is 0 Å². The molecular formula is C25H32N2O2. The van der Waals surface area contributed by atoms with Gasteiger partial charge in [0.15, 0.2) is 0 Å². The molecule has 4 nitrogen and oxygen atoms in total. The fourth-order valence-electron chi connectivity index (χ4n) is 4.87. The van der Waals surface area contributed by atoms with Gasteiger partial charge in [-0.25, -0.2) is 0 Å². The van der Waals surface area contributed by atoms with Gasteiger partial charge >= 0.3 is 5.97 Å². The van der Waals surface area contributed by atoms with Gasteiger partial charge in [0.1, 0.15) is 0 Å². The molecule has 0 saturated carbocycles. The van der Waals surface area contributed by atoms with Crippen LogP contribution in [0.25, 0.3) is 5.57 Å². The topological polar surface area (TPSA) is 42.4 Å². The fourth-order valence-corrected chi connectivity index (χ4v) is 4.87. The first kappa shape index (κ1) is 20.1. The summed E-state index contributed by atoms with van der Waals surface area (Å²) in [4.78, 5) is 18.9. The molecule has 0 aromatic carbocycles. The van der Waals surface area contributed by atoms with E-state index in [1.54, 1.807) is 5.57 Å². The molecule has 0 unspecified atom stereocenters. The van der Waals surface area contributed by atoms with Crippen molar-refractivity contribution >= 4 is 11.5 Å². The van der Waals surface area contributed by atoms with E-state index in [1.165, 1.54) is 28.7 Å². The Morgan fingerprint density at radius 2 is 2.31 bits per heavy atom. The number of carbonyl (C=O) groups is 1. The number of ether oxygens (including phenoxy) is 1. The molecule has 154 valence electrons. The zero-order valence-electron chi connectivity index (χ0n) is 17.5. The highest BCUT2D eigenvalue weighted by Gasteiger charge is 2.26. The van der Waals surface area contributed by atoms with E-state index in [1.807, 2.05) is 19.3 Å². The quantitative estimate of drug-likeness (QED) is 0.680. The molecule has 1 fully saturated rings. The fraction of sp³-hybridized carbons (Fsp3) is 0.520. The number of allylic oxidation sites excluding steroid dienone is 5. The van der Waals surface area contributed by atoms with Crippen LogP contribution >= 0.6 is 0 Å². The third-order valence-corrected chi connectivity index (χ3v) is 6.38. The van der Waals surface area contributed by atoms with Gasteiger partial charge < -0.3 is 9.64 Å². The molecule has 1 atom stereocenters. The summed E-state index contributed by atoms with van der Waals surface area (Å²) in [6.07, 6.45) is 18.5. The minimum absolute atomic E-state index is 0.0238. The lowest BCUT2D eigenvalue weighted by atomic mass is 9.92. The second-order valence-corrected chi connectivity index (χ2v) is 8.37. The Morgan fingerprint density at radius 3 is 3.21 bits per heavy atom. The minimum atomic E-state index is -0.0238. The van der Waals surface area contributed by atoms with E-state index in [9.17, 15) is 4.79 Å². The predicted octanol–water partition coefficient (Wildman–Crippen LogP) is 4.72. The Kier molecular flexibility index (Phi) is 6.60. The van der Waals surface area contributed by atoms with Crippen molar-refractivity contribution in [2.75, 3.05) is 26.2 Å². The summed E-state index contributed by atoms with van der Waals surface area (Å²) in [7, 11) is 0. The zero-order valence-corrected chi connectivity index (χ0v) is 17.5. The molecule has 0 bridgehead atoms. The van der Waals surface area contributed by atoms with Crippen molar-refractivity contribution in [3.05, 3.63) is 59.0 Å². The van der Waals surface area contributed by atoms with E-state index in [2.05, 4.69) is 34.2 Å². The number of esters is 1. The Balaban J connectivity index is 1.44. The monoisotopic (exact) mass is 392 g/mol. The van der Waals surface area contributed by atoms with Crippen molar-refractivity contribution < 1.29 is 9.53 Å². The number of hydrogen-bond acceptors (Lipinski definition) is 4. The number of likely N-dealkylation sites (tertiary alicyclic amines) is 1. The van der Waals surface area contributed by atoms with Crippen LogP contribution in [0.3, 0.4) is 0 Å². The molecule has 3 aliphatic rings. The van der Waals surface area contributed by atoms with E-state index in [0.717, 1.165) is 58.2 Å². The average Bonchev–Trinajstić information content (AvgIpc) is 2.91. The van der Waals surface area contributed by atoms with Gasteiger partial charge in [-0.1, -0.05) is 23.8 Å². The molecule has 1 aliphatic heterocycles. The van der Waals surface area contributed by atoms with Crippen LogP contribution in [0, 0.1) is 5.92 Å². The first-order chi connectivity index (χ1) is 14.2. The van der Waals surface area contributed by atoms with Crippen molar-refractivity contribution in [3.8, 4) is 0 Å². The number of hydrogen-bond donors (Lipinski definition) is 0. The summed E-state index contributed by atoms with van der Waals surface area (Å²) in [5, 5.41) is 0. The second-order valence-electron chi connectivity index (χ2n) is 8.37. The van der Waals surface area contributed by atoms with Crippen LogP contribution in [0.5, 0.6) is 0 Å². The summed E-state index contributed by atoms with van der Waals surface area (Å²) in [5.41, 5.74) is 7.24. The molecule has 0 spiro atoms. The smallest absolute Gasteiger partial charge is 0.310 e. The van der Waals surface area contributed by atoms with Crippen molar-refractivity contribution in [1.82, 2.24) is 9.88 Å². The van der Waals surface area contributed by atoms with Gasteiger partial charge in [0.05, 0.1) is 12.5 Å². The molecule has 1 aromatic rings. The lowest BCUT2D eigenvalue weighted by Gasteiger charge is -2.31. The van der Waals surface area contributed by atoms with E-state index >= 15 is 0 Å². The Labute approximate surface area is 174 Å². The van der Waals surface area contributed by atoms with Gasteiger partial charge in [-0.15, -0.1) is 0 Å². The second kappa shape index (κ2) is 9.53. The summed E-state index contributed by atoms with van der Waals surface area (Å²) in [6, 6.07) is 2.18. The van der Waals surface area contributed by atoms with Crippen molar-refractivity contribution in [3.63, 3.8) is 0 Å². The van der Waals surface area contributed by atoms with E-state index in [4.69, 9.17) is 4.74 Å². The number of pyridine rings is 1. The summed E-state index contributed by atoms with van der Waals surface area (Å²) >= 11 is 0. The predicted molar refractivity (Wildman–Crippen MR) is 116 cm³/mol. The molecule has 0 amide bonds. The molecule has 1 saturated heterocycles. The number of fused-ring (bicyclic) bond motifs is 1. The Bertz CT molecular complexity index is 837. The largest absolute Gasteiger partial charge is 0.466 e. The normalized spacial score (nSPS) is 23.5. The zero-order chi connectivity index (χ0) is 20.1. The number of aromatic nitrogens is 1. The minimum Gasteiger partial charge on any atom is -0.466 e. The van der Waals surface area contributed by atoms with Crippen LogP contribution in [0.4, 0.5) is 0 Å². The number of piperidine rings is 1. The summed E-state index contributed by atoms with van der Waals surface area (Å²) in [5.74, 6) is 0.0189. The maximum Gasteiger partial charge on any atom is 0.310 e. The standard InChI is InChI=1S/C25H32N2O2/c1-2-29-25(28)22-10-6-14-27(18-22)13-5-9-21-15-19-7-3-4-8-20(19)16-23-17-26-12-11-24(21)23/h3,7,9,11-12,17,22H,2,4-6,8,10,13-16,18H2,1H3/b21-9+/t22-/m1/s1. The van der Waals surface area contributed by atoms with Crippen LogP contribution < -0.4 is 0 Å². The highest BCUT2D eigenvalue weighted by molar-refractivity contribution is 5.73. The van der Waals surface area contributed by atoms with Crippen LogP contribution in [0.2, 0.25) is 0 Å². The molecular weight excluding hydrogens is 360 g/mol. The number of nitrogens with zero attached hydrogens (tertiary/aromatic N) is 2. The third kappa shape index (κ3) is 4.87. The molecule has 1 aromatic heterocycles. The van der Waals surface area contributed by atoms with Crippen LogP contribution in [-0.4, -0.2) is 42.1 Å². The maximum absolute atomic E-state index is 12.1. The Morgan fingerprint density at radius 1 is 1.38 bits per heavy atom. The van der Waals surface area contributed by atoms with Gasteiger partial charge in [-0.05, 0) is 86.8 Å².